The van der Waals surface area contributed by atoms with E-state index < -0.39 is 0 Å². The van der Waals surface area contributed by atoms with Crippen LogP contribution in [0.2, 0.25) is 0 Å². The second-order valence-electron chi connectivity index (χ2n) is 5.96. The van der Waals surface area contributed by atoms with Crippen LogP contribution in [0.5, 0.6) is 0 Å². The van der Waals surface area contributed by atoms with Crippen LogP contribution in [0.25, 0.3) is 10.2 Å². The molecule has 0 aliphatic heterocycles. The Morgan fingerprint density at radius 3 is 2.75 bits per heavy atom. The molecule has 5 heteroatoms. The van der Waals surface area contributed by atoms with E-state index >= 15 is 0 Å². The number of thiazole rings is 1. The van der Waals surface area contributed by atoms with Crippen molar-refractivity contribution in [3.63, 3.8) is 0 Å². The molecule has 0 N–H and O–H groups in total. The second-order valence-corrected chi connectivity index (χ2v) is 6.97. The molecule has 1 amide bonds. The van der Waals surface area contributed by atoms with Crippen molar-refractivity contribution in [1.29, 1.82) is 0 Å². The summed E-state index contributed by atoms with van der Waals surface area (Å²) in [6, 6.07) is 15.3. The normalized spacial score (nSPS) is 16.9. The maximum atomic E-state index is 13.0. The van der Waals surface area contributed by atoms with Gasteiger partial charge >= 0.3 is 0 Å². The molecule has 24 heavy (non-hydrogen) atoms. The van der Waals surface area contributed by atoms with Crippen LogP contribution in [0.1, 0.15) is 34.7 Å². The molecule has 2 aromatic carbocycles. The SMILES string of the molecule is CN(C(=O)[C@H]1CCC(=O)c2ccccc21)c1nc2ccccc2s1. The van der Waals surface area contributed by atoms with E-state index in [4.69, 9.17) is 0 Å². The van der Waals surface area contributed by atoms with Crippen LogP contribution in [0.4, 0.5) is 5.13 Å². The van der Waals surface area contributed by atoms with Gasteiger partial charge in [0.1, 0.15) is 0 Å². The zero-order valence-corrected chi connectivity index (χ0v) is 14.0. The summed E-state index contributed by atoms with van der Waals surface area (Å²) < 4.78 is 1.06. The van der Waals surface area contributed by atoms with Gasteiger partial charge in [0.05, 0.1) is 16.1 Å². The summed E-state index contributed by atoms with van der Waals surface area (Å²) in [5.41, 5.74) is 2.42. The minimum atomic E-state index is -0.282. The number of Topliss-reactive ketones (excluding diaryl/α,β-unsaturated/α-hetero) is 1. The molecule has 1 aliphatic rings. The van der Waals surface area contributed by atoms with E-state index in [1.54, 1.807) is 11.9 Å². The highest BCUT2D eigenvalue weighted by Gasteiger charge is 2.33. The summed E-state index contributed by atoms with van der Waals surface area (Å²) >= 11 is 1.51. The van der Waals surface area contributed by atoms with Gasteiger partial charge in [-0.1, -0.05) is 47.7 Å². The Morgan fingerprint density at radius 2 is 1.92 bits per heavy atom. The Kier molecular flexibility index (Phi) is 3.65. The lowest BCUT2D eigenvalue weighted by Gasteiger charge is -2.26. The van der Waals surface area contributed by atoms with E-state index in [0.29, 0.717) is 23.5 Å². The summed E-state index contributed by atoms with van der Waals surface area (Å²) in [6.07, 6.45) is 0.977. The first-order valence-electron chi connectivity index (χ1n) is 7.90. The van der Waals surface area contributed by atoms with Crippen LogP contribution < -0.4 is 4.90 Å². The van der Waals surface area contributed by atoms with Crippen LogP contribution in [0.3, 0.4) is 0 Å². The van der Waals surface area contributed by atoms with E-state index in [9.17, 15) is 9.59 Å². The highest BCUT2D eigenvalue weighted by Crippen LogP contribution is 2.35. The van der Waals surface area contributed by atoms with E-state index in [2.05, 4.69) is 4.98 Å². The summed E-state index contributed by atoms with van der Waals surface area (Å²) in [6.45, 7) is 0. The average Bonchev–Trinajstić information content (AvgIpc) is 3.05. The fourth-order valence-corrected chi connectivity index (χ4v) is 4.14. The van der Waals surface area contributed by atoms with Crippen molar-refractivity contribution >= 4 is 38.4 Å². The summed E-state index contributed by atoms with van der Waals surface area (Å²) in [5.74, 6) is -0.165. The van der Waals surface area contributed by atoms with Crippen LogP contribution in [0, 0.1) is 0 Å². The highest BCUT2D eigenvalue weighted by molar-refractivity contribution is 7.22. The van der Waals surface area contributed by atoms with Crippen molar-refractivity contribution < 1.29 is 9.59 Å². The number of rotatable bonds is 2. The van der Waals surface area contributed by atoms with E-state index in [-0.39, 0.29) is 17.6 Å². The van der Waals surface area contributed by atoms with Crippen LogP contribution in [-0.4, -0.2) is 23.7 Å². The Labute approximate surface area is 143 Å². The minimum Gasteiger partial charge on any atom is -0.294 e. The first kappa shape index (κ1) is 15.0. The number of aromatic nitrogens is 1. The molecule has 120 valence electrons. The number of ketones is 1. The number of carbonyl (C=O) groups excluding carboxylic acids is 2. The molecule has 0 saturated heterocycles. The van der Waals surface area contributed by atoms with Crippen LogP contribution >= 0.6 is 11.3 Å². The lowest BCUT2D eigenvalue weighted by Crippen LogP contribution is -2.34. The lowest BCUT2D eigenvalue weighted by atomic mass is 9.81. The summed E-state index contributed by atoms with van der Waals surface area (Å²) in [5, 5.41) is 0.690. The molecular weight excluding hydrogens is 320 g/mol. The van der Waals surface area contributed by atoms with Gasteiger partial charge in [-0.3, -0.25) is 14.5 Å². The Morgan fingerprint density at radius 1 is 1.17 bits per heavy atom. The lowest BCUT2D eigenvalue weighted by molar-refractivity contribution is -0.119. The molecule has 3 aromatic rings. The average molecular weight is 336 g/mol. The molecule has 0 radical (unpaired) electrons. The van der Waals surface area contributed by atoms with Crippen molar-refractivity contribution in [2.24, 2.45) is 0 Å². The van der Waals surface area contributed by atoms with Crippen LogP contribution in [-0.2, 0) is 4.79 Å². The highest BCUT2D eigenvalue weighted by atomic mass is 32.1. The molecule has 4 rings (SSSR count). The zero-order chi connectivity index (χ0) is 16.7. The number of hydrogen-bond acceptors (Lipinski definition) is 4. The van der Waals surface area contributed by atoms with Crippen LogP contribution in [0.15, 0.2) is 48.5 Å². The summed E-state index contributed by atoms with van der Waals surface area (Å²) in [4.78, 5) is 31.3. The maximum absolute atomic E-state index is 13.0. The van der Waals surface area contributed by atoms with Gasteiger partial charge in [0.2, 0.25) is 5.91 Å². The molecule has 1 aromatic heterocycles. The third-order valence-corrected chi connectivity index (χ3v) is 5.61. The standard InChI is InChI=1S/C19H16N2O2S/c1-21(19-20-15-8-4-5-9-17(15)24-19)18(23)14-10-11-16(22)13-7-3-2-6-12(13)14/h2-9,14H,10-11H2,1H3/t14-/m0/s1. The van der Waals surface area contributed by atoms with Gasteiger partial charge in [0, 0.05) is 19.0 Å². The topological polar surface area (TPSA) is 50.3 Å². The molecule has 0 fully saturated rings. The zero-order valence-electron chi connectivity index (χ0n) is 13.2. The van der Waals surface area contributed by atoms with Crippen molar-refractivity contribution in [2.75, 3.05) is 11.9 Å². The Bertz CT molecular complexity index is 914. The quantitative estimate of drug-likeness (QED) is 0.710. The summed E-state index contributed by atoms with van der Waals surface area (Å²) in [7, 11) is 1.76. The number of benzene rings is 2. The molecule has 4 nitrogen and oxygen atoms in total. The fraction of sp³-hybridized carbons (Fsp3) is 0.211. The first-order valence-corrected chi connectivity index (χ1v) is 8.72. The van der Waals surface area contributed by atoms with E-state index in [1.165, 1.54) is 11.3 Å². The fourth-order valence-electron chi connectivity index (χ4n) is 3.21. The van der Waals surface area contributed by atoms with Gasteiger partial charge in [-0.2, -0.15) is 0 Å². The molecule has 0 spiro atoms. The predicted octanol–water partition coefficient (Wildman–Crippen LogP) is 4.02. The van der Waals surface area contributed by atoms with Gasteiger partial charge in [-0.05, 0) is 24.1 Å². The van der Waals surface area contributed by atoms with Crippen molar-refractivity contribution in [2.45, 2.75) is 18.8 Å². The third-order valence-electron chi connectivity index (χ3n) is 4.49. The predicted molar refractivity (Wildman–Crippen MR) is 95.8 cm³/mol. The molecule has 0 unspecified atom stereocenters. The number of nitrogens with zero attached hydrogens (tertiary/aromatic N) is 2. The number of hydrogen-bond donors (Lipinski definition) is 0. The van der Waals surface area contributed by atoms with E-state index in [1.807, 2.05) is 48.5 Å². The molecule has 1 aliphatic carbocycles. The number of anilines is 1. The van der Waals surface area contributed by atoms with Gasteiger partial charge < -0.3 is 0 Å². The Hall–Kier alpha value is -2.53. The monoisotopic (exact) mass is 336 g/mol. The number of carbonyl (C=O) groups is 2. The smallest absolute Gasteiger partial charge is 0.236 e. The third kappa shape index (κ3) is 2.41. The first-order chi connectivity index (χ1) is 11.6. The van der Waals surface area contributed by atoms with Gasteiger partial charge in [0.25, 0.3) is 0 Å². The molecule has 0 saturated carbocycles. The van der Waals surface area contributed by atoms with Gasteiger partial charge in [-0.25, -0.2) is 4.98 Å². The number of para-hydroxylation sites is 1. The van der Waals surface area contributed by atoms with Crippen molar-refractivity contribution in [3.05, 3.63) is 59.7 Å². The molecule has 1 heterocycles. The minimum absolute atomic E-state index is 0.00555. The molecule has 1 atom stereocenters. The largest absolute Gasteiger partial charge is 0.294 e. The second kappa shape index (κ2) is 5.83. The van der Waals surface area contributed by atoms with Crippen molar-refractivity contribution in [1.82, 2.24) is 4.98 Å². The van der Waals surface area contributed by atoms with Gasteiger partial charge in [-0.15, -0.1) is 0 Å². The Balaban J connectivity index is 1.68. The molecule has 0 bridgehead atoms. The number of amides is 1. The molecular formula is C19H16N2O2S. The van der Waals surface area contributed by atoms with Gasteiger partial charge in [0.15, 0.2) is 10.9 Å². The number of likely N-dealkylation sites (N-methyl/N-ethyl adjacent to an activating group) is 1. The maximum Gasteiger partial charge on any atom is 0.236 e. The number of fused-ring (bicyclic) bond motifs is 2. The van der Waals surface area contributed by atoms with E-state index in [0.717, 1.165) is 15.8 Å². The van der Waals surface area contributed by atoms with Crippen molar-refractivity contribution in [3.8, 4) is 0 Å².